The zero-order chi connectivity index (χ0) is 8.44. The summed E-state index contributed by atoms with van der Waals surface area (Å²) in [5.41, 5.74) is 0.519. The van der Waals surface area contributed by atoms with Gasteiger partial charge in [-0.25, -0.2) is 0 Å². The van der Waals surface area contributed by atoms with Gasteiger partial charge >= 0.3 is 0 Å². The quantitative estimate of drug-likeness (QED) is 0.575. The highest BCUT2D eigenvalue weighted by Crippen LogP contribution is 2.45. The van der Waals surface area contributed by atoms with Gasteiger partial charge < -0.3 is 5.32 Å². The van der Waals surface area contributed by atoms with Crippen LogP contribution in [-0.4, -0.2) is 18.5 Å². The zero-order valence-electron chi connectivity index (χ0n) is 7.61. The van der Waals surface area contributed by atoms with E-state index >= 15 is 0 Å². The highest BCUT2D eigenvalue weighted by Gasteiger charge is 2.40. The van der Waals surface area contributed by atoms with Crippen LogP contribution in [0.15, 0.2) is 0 Å². The van der Waals surface area contributed by atoms with Crippen molar-refractivity contribution in [3.8, 4) is 0 Å². The Hall–Kier alpha value is 0.250. The lowest BCUT2D eigenvalue weighted by atomic mass is 9.68. The van der Waals surface area contributed by atoms with E-state index in [4.69, 9.17) is 11.6 Å². The van der Waals surface area contributed by atoms with E-state index in [2.05, 4.69) is 5.32 Å². The van der Waals surface area contributed by atoms with Crippen LogP contribution in [-0.2, 0) is 0 Å². The lowest BCUT2D eigenvalue weighted by molar-refractivity contribution is 0.139. The van der Waals surface area contributed by atoms with E-state index in [1.807, 2.05) is 0 Å². The third kappa shape index (κ3) is 1.49. The fourth-order valence-electron chi connectivity index (χ4n) is 2.75. The van der Waals surface area contributed by atoms with Crippen LogP contribution in [0.5, 0.6) is 0 Å². The van der Waals surface area contributed by atoms with Crippen LogP contribution in [0.1, 0.15) is 38.5 Å². The molecule has 1 atom stereocenters. The summed E-state index contributed by atoms with van der Waals surface area (Å²) in [5, 5.41) is 3.88. The third-order valence-corrected chi connectivity index (χ3v) is 4.33. The molecule has 0 aromatic rings. The first kappa shape index (κ1) is 8.83. The molecule has 1 aliphatic carbocycles. The average Bonchev–Trinajstić information content (AvgIpc) is 2.12. The normalized spacial score (nSPS) is 35.2. The first-order chi connectivity index (χ1) is 5.83. The van der Waals surface area contributed by atoms with E-state index in [0.717, 1.165) is 0 Å². The SMILES string of the molecule is ClC1CCCCC12CCNCC2. The van der Waals surface area contributed by atoms with E-state index in [-0.39, 0.29) is 0 Å². The molecule has 2 rings (SSSR count). The van der Waals surface area contributed by atoms with Gasteiger partial charge in [-0.05, 0) is 44.2 Å². The minimum atomic E-state index is 0.466. The molecule has 70 valence electrons. The molecule has 1 heterocycles. The molecular weight excluding hydrogens is 170 g/mol. The van der Waals surface area contributed by atoms with Crippen LogP contribution in [0.2, 0.25) is 0 Å². The molecule has 1 N–H and O–H groups in total. The van der Waals surface area contributed by atoms with Crippen molar-refractivity contribution < 1.29 is 0 Å². The highest BCUT2D eigenvalue weighted by molar-refractivity contribution is 6.21. The molecule has 1 unspecified atom stereocenters. The van der Waals surface area contributed by atoms with Gasteiger partial charge in [-0.2, -0.15) is 0 Å². The largest absolute Gasteiger partial charge is 0.317 e. The van der Waals surface area contributed by atoms with Crippen LogP contribution < -0.4 is 5.32 Å². The van der Waals surface area contributed by atoms with E-state index in [0.29, 0.717) is 10.8 Å². The molecule has 2 heteroatoms. The average molecular weight is 188 g/mol. The number of hydrogen-bond acceptors (Lipinski definition) is 1. The molecule has 2 fully saturated rings. The molecule has 0 aromatic carbocycles. The van der Waals surface area contributed by atoms with Crippen molar-refractivity contribution in [2.24, 2.45) is 5.41 Å². The maximum atomic E-state index is 6.42. The molecule has 1 saturated carbocycles. The van der Waals surface area contributed by atoms with E-state index < -0.39 is 0 Å². The zero-order valence-corrected chi connectivity index (χ0v) is 8.37. The monoisotopic (exact) mass is 187 g/mol. The van der Waals surface area contributed by atoms with Crippen LogP contribution >= 0.6 is 11.6 Å². The van der Waals surface area contributed by atoms with Crippen LogP contribution in [0.3, 0.4) is 0 Å². The van der Waals surface area contributed by atoms with E-state index in [9.17, 15) is 0 Å². The lowest BCUT2D eigenvalue weighted by Gasteiger charge is -2.44. The van der Waals surface area contributed by atoms with Crippen molar-refractivity contribution in [1.29, 1.82) is 0 Å². The minimum absolute atomic E-state index is 0.466. The number of rotatable bonds is 0. The van der Waals surface area contributed by atoms with Crippen molar-refractivity contribution >= 4 is 11.6 Å². The molecule has 0 radical (unpaired) electrons. The molecule has 0 aromatic heterocycles. The van der Waals surface area contributed by atoms with Crippen molar-refractivity contribution in [2.45, 2.75) is 43.9 Å². The van der Waals surface area contributed by atoms with E-state index in [1.165, 1.54) is 51.6 Å². The second kappa shape index (κ2) is 3.55. The Bertz CT molecular complexity index is 144. The summed E-state index contributed by atoms with van der Waals surface area (Å²) < 4.78 is 0. The maximum Gasteiger partial charge on any atom is 0.0393 e. The number of hydrogen-bond donors (Lipinski definition) is 1. The Morgan fingerprint density at radius 2 is 1.83 bits per heavy atom. The molecule has 0 bridgehead atoms. The molecule has 1 saturated heterocycles. The van der Waals surface area contributed by atoms with Gasteiger partial charge in [-0.3, -0.25) is 0 Å². The van der Waals surface area contributed by atoms with Crippen LogP contribution in [0.25, 0.3) is 0 Å². The molecule has 2 aliphatic rings. The fourth-order valence-corrected chi connectivity index (χ4v) is 3.23. The second-order valence-corrected chi connectivity index (χ2v) is 4.85. The molecule has 1 nitrogen and oxygen atoms in total. The fraction of sp³-hybridized carbons (Fsp3) is 1.00. The molecule has 1 spiro atoms. The first-order valence-corrected chi connectivity index (χ1v) is 5.62. The van der Waals surface area contributed by atoms with Crippen LogP contribution in [0.4, 0.5) is 0 Å². The summed E-state index contributed by atoms with van der Waals surface area (Å²) in [6, 6.07) is 0. The summed E-state index contributed by atoms with van der Waals surface area (Å²) in [6.07, 6.45) is 8.00. The number of piperidine rings is 1. The number of nitrogens with one attached hydrogen (secondary N) is 1. The van der Waals surface area contributed by atoms with Gasteiger partial charge in [0.1, 0.15) is 0 Å². The molecule has 0 amide bonds. The standard InChI is InChI=1S/C10H18ClN/c11-9-3-1-2-4-10(9)5-7-12-8-6-10/h9,12H,1-8H2. The Kier molecular flexibility index (Phi) is 2.61. The van der Waals surface area contributed by atoms with Crippen molar-refractivity contribution in [1.82, 2.24) is 5.32 Å². The smallest absolute Gasteiger partial charge is 0.0393 e. The highest BCUT2D eigenvalue weighted by atomic mass is 35.5. The molecular formula is C10H18ClN. The number of alkyl halides is 1. The van der Waals surface area contributed by atoms with Gasteiger partial charge in [-0.15, -0.1) is 11.6 Å². The van der Waals surface area contributed by atoms with Gasteiger partial charge in [0.2, 0.25) is 0 Å². The summed E-state index contributed by atoms with van der Waals surface area (Å²) in [6.45, 7) is 2.37. The predicted octanol–water partition coefficient (Wildman–Crippen LogP) is 2.54. The van der Waals surface area contributed by atoms with Crippen molar-refractivity contribution in [3.05, 3.63) is 0 Å². The third-order valence-electron chi connectivity index (χ3n) is 3.65. The summed E-state index contributed by atoms with van der Waals surface area (Å²) in [4.78, 5) is 0. The van der Waals surface area contributed by atoms with Gasteiger partial charge in [0.25, 0.3) is 0 Å². The van der Waals surface area contributed by atoms with Gasteiger partial charge in [0.15, 0.2) is 0 Å². The van der Waals surface area contributed by atoms with Gasteiger partial charge in [0, 0.05) is 5.38 Å². The predicted molar refractivity (Wildman–Crippen MR) is 52.6 cm³/mol. The van der Waals surface area contributed by atoms with Crippen molar-refractivity contribution in [3.63, 3.8) is 0 Å². The Balaban J connectivity index is 2.04. The second-order valence-electron chi connectivity index (χ2n) is 4.33. The summed E-state index contributed by atoms with van der Waals surface area (Å²) >= 11 is 6.42. The molecule has 1 aliphatic heterocycles. The minimum Gasteiger partial charge on any atom is -0.317 e. The molecule has 12 heavy (non-hydrogen) atoms. The van der Waals surface area contributed by atoms with Gasteiger partial charge in [-0.1, -0.05) is 12.8 Å². The lowest BCUT2D eigenvalue weighted by Crippen LogP contribution is -2.44. The summed E-state index contributed by atoms with van der Waals surface area (Å²) in [5.74, 6) is 0. The topological polar surface area (TPSA) is 12.0 Å². The summed E-state index contributed by atoms with van der Waals surface area (Å²) in [7, 11) is 0. The van der Waals surface area contributed by atoms with E-state index in [1.54, 1.807) is 0 Å². The van der Waals surface area contributed by atoms with Crippen LogP contribution in [0, 0.1) is 5.41 Å². The Morgan fingerprint density at radius 1 is 1.08 bits per heavy atom. The Morgan fingerprint density at radius 3 is 2.50 bits per heavy atom. The first-order valence-electron chi connectivity index (χ1n) is 5.18. The van der Waals surface area contributed by atoms with Gasteiger partial charge in [0.05, 0.1) is 0 Å². The van der Waals surface area contributed by atoms with Crippen molar-refractivity contribution in [2.75, 3.05) is 13.1 Å². The number of halogens is 1. The maximum absolute atomic E-state index is 6.42. The Labute approximate surface area is 79.9 Å².